The van der Waals surface area contributed by atoms with Crippen molar-refractivity contribution in [2.75, 3.05) is 13.2 Å². The van der Waals surface area contributed by atoms with E-state index < -0.39 is 113 Å². The van der Waals surface area contributed by atoms with E-state index in [1.54, 1.807) is 53.7 Å². The van der Waals surface area contributed by atoms with E-state index in [1.165, 1.54) is 24.3 Å². The molecule has 8 aliphatic rings. The highest BCUT2D eigenvalue weighted by molar-refractivity contribution is 7.45. The molecule has 61 heavy (non-hydrogen) atoms. The number of phosphoric acid groups is 1. The zero-order valence-electron chi connectivity index (χ0n) is 35.4. The second-order valence-corrected chi connectivity index (χ2v) is 21.0. The maximum absolute atomic E-state index is 16.9. The lowest BCUT2D eigenvalue weighted by Gasteiger charge is -2.62. The van der Waals surface area contributed by atoms with Crippen molar-refractivity contribution in [3.05, 3.63) is 47.6 Å². The molecule has 9 N–H and O–H groups in total. The first-order valence-corrected chi connectivity index (χ1v) is 22.6. The number of alkyl halides is 2. The molecule has 0 radical (unpaired) electrons. The number of rotatable bonds is 4. The van der Waals surface area contributed by atoms with Gasteiger partial charge >= 0.3 is 7.82 Å². The van der Waals surface area contributed by atoms with Gasteiger partial charge in [0.1, 0.15) is 24.4 Å². The van der Waals surface area contributed by atoms with Gasteiger partial charge in [-0.05, 0) is 113 Å². The van der Waals surface area contributed by atoms with E-state index in [1.807, 2.05) is 0 Å². The first kappa shape index (κ1) is 47.8. The average molecular weight is 883 g/mol. The number of carbonyl (C=O) groups excluding carboxylic acids is 4. The summed E-state index contributed by atoms with van der Waals surface area (Å²) in [4.78, 5) is 70.3. The van der Waals surface area contributed by atoms with Crippen LogP contribution in [0.3, 0.4) is 0 Å². The van der Waals surface area contributed by atoms with Gasteiger partial charge in [-0.3, -0.25) is 19.2 Å². The Morgan fingerprint density at radius 2 is 0.984 bits per heavy atom. The van der Waals surface area contributed by atoms with Gasteiger partial charge in [-0.2, -0.15) is 0 Å². The normalized spacial score (nSPS) is 49.2. The second kappa shape index (κ2) is 15.2. The van der Waals surface area contributed by atoms with Gasteiger partial charge in [-0.15, -0.1) is 0 Å². The van der Waals surface area contributed by atoms with Crippen molar-refractivity contribution in [1.29, 1.82) is 0 Å². The number of hydrogen-bond donors (Lipinski definition) is 9. The predicted molar refractivity (Wildman–Crippen MR) is 214 cm³/mol. The fraction of sp³-hybridized carbons (Fsp3) is 0.727. The van der Waals surface area contributed by atoms with Crippen molar-refractivity contribution in [1.82, 2.24) is 0 Å². The van der Waals surface area contributed by atoms with Gasteiger partial charge in [-0.1, -0.05) is 51.0 Å². The third-order valence-electron chi connectivity index (χ3n) is 17.6. The zero-order valence-corrected chi connectivity index (χ0v) is 36.3. The third-order valence-corrected chi connectivity index (χ3v) is 17.6. The van der Waals surface area contributed by atoms with Crippen LogP contribution in [0.4, 0.5) is 8.78 Å². The summed E-state index contributed by atoms with van der Waals surface area (Å²) in [5, 5.41) is 63.9. The molecule has 0 aromatic rings. The average Bonchev–Trinajstić information content (AvgIpc) is 3.50. The second-order valence-electron chi connectivity index (χ2n) is 20.0. The number of allylic oxidation sites excluding steroid dienone is 8. The number of aliphatic hydroxyl groups is 6. The monoisotopic (exact) mass is 882 g/mol. The maximum Gasteiger partial charge on any atom is 0.466 e. The van der Waals surface area contributed by atoms with Crippen molar-refractivity contribution < 1.29 is 77.8 Å². The van der Waals surface area contributed by atoms with Crippen molar-refractivity contribution in [2.45, 2.75) is 128 Å². The summed E-state index contributed by atoms with van der Waals surface area (Å²) in [6, 6.07) is 0. The number of Topliss-reactive ketones (excluding diaryl/α,β-unsaturated/α-hetero) is 2. The SMILES string of the molecule is C[C@@H]1C[C@H]2[C@@H]3CCC4=CC(=O)C=C[C@]4(C)[C@@]3(F)[C@@H](O)C[C@]2(C)[C@@]1(O)C(=O)CO.C[C@@H]1C[C@H]2[C@@H]3CCC4=CC(=O)C=C[C@]4(C)[C@@]3(F)[C@@H](O)C[C@]2(C)[C@@]1(O)C(=O)CO.O=P(O)(O)O. The number of aliphatic hydroxyl groups excluding tert-OH is 4. The Bertz CT molecular complexity index is 1910. The number of hydrogen-bond acceptors (Lipinski definition) is 11. The lowest BCUT2D eigenvalue weighted by molar-refractivity contribution is -0.219. The third kappa shape index (κ3) is 6.43. The first-order valence-electron chi connectivity index (χ1n) is 21.1. The van der Waals surface area contributed by atoms with Gasteiger partial charge in [-0.25, -0.2) is 13.3 Å². The molecule has 0 bridgehead atoms. The summed E-state index contributed by atoms with van der Waals surface area (Å²) in [7, 11) is -4.64. The Morgan fingerprint density at radius 3 is 1.28 bits per heavy atom. The lowest BCUT2D eigenvalue weighted by atomic mass is 9.44. The Hall–Kier alpha value is -2.63. The standard InChI is InChI=1S/2C22H29FO5.H3O4P/c2*1-12-8-16-15-5-4-13-9-14(25)6-7-19(13,2)21(15,23)17(26)10-20(16,3)22(12,28)18(27)11-24;1-5(2,3)4/h2*6-7,9,12,15-17,24,26,28H,4-5,8,10-11H2,1-3H3;(H3,1,2,3,4)/t2*12-,15+,16+,17+,19+,20+,21+,22+;/m11./s1. The lowest BCUT2D eigenvalue weighted by Crippen LogP contribution is -2.69. The number of fused-ring (bicyclic) bond motifs is 10. The molecule has 0 spiro atoms. The number of halogens is 2. The predicted octanol–water partition coefficient (Wildman–Crippen LogP) is 2.86. The Kier molecular flexibility index (Phi) is 12.0. The van der Waals surface area contributed by atoms with Crippen LogP contribution >= 0.6 is 7.82 Å². The molecule has 0 aromatic heterocycles. The van der Waals surface area contributed by atoms with Gasteiger partial charge in [0.2, 0.25) is 0 Å². The number of carbonyl (C=O) groups is 4. The molecule has 8 aliphatic carbocycles. The Labute approximate surface area is 353 Å². The van der Waals surface area contributed by atoms with Crippen LogP contribution in [0.2, 0.25) is 0 Å². The van der Waals surface area contributed by atoms with Gasteiger partial charge < -0.3 is 45.3 Å². The van der Waals surface area contributed by atoms with Crippen LogP contribution in [0.5, 0.6) is 0 Å². The topological polar surface area (TPSA) is 267 Å². The molecule has 0 aliphatic heterocycles. The summed E-state index contributed by atoms with van der Waals surface area (Å²) in [5.41, 5.74) is -10.3. The highest BCUT2D eigenvalue weighted by Crippen LogP contribution is 2.72. The highest BCUT2D eigenvalue weighted by atomic mass is 31.2. The summed E-state index contributed by atoms with van der Waals surface area (Å²) >= 11 is 0. The van der Waals surface area contributed by atoms with Crippen LogP contribution in [0, 0.1) is 57.2 Å². The van der Waals surface area contributed by atoms with Crippen LogP contribution in [-0.4, -0.2) is 116 Å². The molecule has 0 unspecified atom stereocenters. The van der Waals surface area contributed by atoms with E-state index in [2.05, 4.69) is 0 Å². The molecule has 8 rings (SSSR count). The van der Waals surface area contributed by atoms with Crippen molar-refractivity contribution in [3.8, 4) is 0 Å². The van der Waals surface area contributed by atoms with Gasteiger partial charge in [0, 0.05) is 33.5 Å². The van der Waals surface area contributed by atoms with Gasteiger partial charge in [0.25, 0.3) is 0 Å². The highest BCUT2D eigenvalue weighted by Gasteiger charge is 2.77. The zero-order chi connectivity index (χ0) is 45.9. The van der Waals surface area contributed by atoms with Crippen molar-refractivity contribution >= 4 is 31.0 Å². The minimum atomic E-state index is -4.64. The molecule has 6 fully saturated rings. The van der Waals surface area contributed by atoms with Crippen molar-refractivity contribution in [3.63, 3.8) is 0 Å². The van der Waals surface area contributed by atoms with Crippen molar-refractivity contribution in [2.24, 2.45) is 57.2 Å². The van der Waals surface area contributed by atoms with Crippen LogP contribution in [0.1, 0.15) is 92.9 Å². The van der Waals surface area contributed by atoms with Crippen LogP contribution in [0.25, 0.3) is 0 Å². The molecule has 0 amide bonds. The fourth-order valence-electron chi connectivity index (χ4n) is 14.5. The molecule has 0 heterocycles. The smallest absolute Gasteiger partial charge is 0.390 e. The summed E-state index contributed by atoms with van der Waals surface area (Å²) in [6.07, 6.45) is 8.88. The van der Waals surface area contributed by atoms with Crippen LogP contribution in [-0.2, 0) is 23.7 Å². The molecule has 14 nitrogen and oxygen atoms in total. The molecule has 0 aromatic carbocycles. The van der Waals surface area contributed by atoms with Crippen LogP contribution in [0.15, 0.2) is 47.6 Å². The molecule has 340 valence electrons. The summed E-state index contributed by atoms with van der Waals surface area (Å²) < 4.78 is 42.6. The van der Waals surface area contributed by atoms with E-state index in [4.69, 9.17) is 19.2 Å². The largest absolute Gasteiger partial charge is 0.466 e. The molecule has 0 saturated heterocycles. The minimum Gasteiger partial charge on any atom is -0.390 e. The Morgan fingerprint density at radius 1 is 0.672 bits per heavy atom. The summed E-state index contributed by atoms with van der Waals surface area (Å²) in [6.45, 7) is 8.96. The van der Waals surface area contributed by atoms with E-state index in [-0.39, 0.29) is 36.2 Å². The quantitative estimate of drug-likeness (QED) is 0.184. The Balaban J connectivity index is 0.000000184. The molecule has 16 atom stereocenters. The van der Waals surface area contributed by atoms with E-state index >= 15 is 8.78 Å². The fourth-order valence-corrected chi connectivity index (χ4v) is 14.5. The van der Waals surface area contributed by atoms with Crippen LogP contribution < -0.4 is 0 Å². The number of ketones is 4. The van der Waals surface area contributed by atoms with E-state index in [0.29, 0.717) is 49.7 Å². The summed E-state index contributed by atoms with van der Waals surface area (Å²) in [5.74, 6) is -4.24. The van der Waals surface area contributed by atoms with E-state index in [9.17, 15) is 49.8 Å². The van der Waals surface area contributed by atoms with Gasteiger partial charge in [0.05, 0.1) is 12.2 Å². The maximum atomic E-state index is 16.9. The molecular formula is C44H61F2O14P. The molecular weight excluding hydrogens is 821 g/mol. The molecule has 17 heteroatoms. The van der Waals surface area contributed by atoms with Gasteiger partial charge in [0.15, 0.2) is 34.5 Å². The first-order chi connectivity index (χ1) is 27.9. The minimum absolute atomic E-state index is 0.0676. The molecule has 6 saturated carbocycles. The van der Waals surface area contributed by atoms with E-state index in [0.717, 1.165) is 0 Å².